The molecule has 1 aromatic heterocycles. The van der Waals surface area contributed by atoms with Crippen LogP contribution in [0.2, 0.25) is 0 Å². The molecule has 3 heteroatoms. The second-order valence-corrected chi connectivity index (χ2v) is 5.93. The lowest BCUT2D eigenvalue weighted by atomic mass is 9.94. The van der Waals surface area contributed by atoms with E-state index in [1.54, 1.807) is 0 Å². The van der Waals surface area contributed by atoms with Gasteiger partial charge in [-0.1, -0.05) is 26.3 Å². The summed E-state index contributed by atoms with van der Waals surface area (Å²) in [5, 5.41) is 3.58. The highest BCUT2D eigenvalue weighted by Crippen LogP contribution is 2.28. The van der Waals surface area contributed by atoms with E-state index >= 15 is 0 Å². The van der Waals surface area contributed by atoms with Crippen molar-refractivity contribution in [2.45, 2.75) is 52.5 Å². The smallest absolute Gasteiger partial charge is 0.133 e. The molecule has 2 rings (SSSR count). The first-order chi connectivity index (χ1) is 9.76. The van der Waals surface area contributed by atoms with Gasteiger partial charge in [0.2, 0.25) is 0 Å². The van der Waals surface area contributed by atoms with Crippen molar-refractivity contribution in [2.24, 2.45) is 5.92 Å². The SMILES string of the molecule is CCCNC(C)c1cccnc1N1CCC(CC)CC1. The Kier molecular flexibility index (Phi) is 5.84. The predicted molar refractivity (Wildman–Crippen MR) is 86.2 cm³/mol. The predicted octanol–water partition coefficient (Wildman–Crippen LogP) is 3.77. The maximum absolute atomic E-state index is 4.67. The van der Waals surface area contributed by atoms with E-state index in [2.05, 4.69) is 48.1 Å². The zero-order chi connectivity index (χ0) is 14.4. The van der Waals surface area contributed by atoms with Crippen LogP contribution in [-0.2, 0) is 0 Å². The molecule has 3 nitrogen and oxygen atoms in total. The molecule has 1 N–H and O–H groups in total. The third-order valence-electron chi connectivity index (χ3n) is 4.48. The van der Waals surface area contributed by atoms with Gasteiger partial charge in [0.15, 0.2) is 0 Å². The normalized spacial score (nSPS) is 18.2. The molecule has 0 aliphatic carbocycles. The Hall–Kier alpha value is -1.09. The van der Waals surface area contributed by atoms with Crippen molar-refractivity contribution in [3.63, 3.8) is 0 Å². The van der Waals surface area contributed by atoms with Crippen LogP contribution in [0, 0.1) is 5.92 Å². The molecule has 1 aromatic rings. The summed E-state index contributed by atoms with van der Waals surface area (Å²) in [6, 6.07) is 4.66. The number of nitrogens with zero attached hydrogens (tertiary/aromatic N) is 2. The first-order valence-electron chi connectivity index (χ1n) is 8.19. The molecule has 1 fully saturated rings. The van der Waals surface area contributed by atoms with Crippen LogP contribution < -0.4 is 10.2 Å². The lowest BCUT2D eigenvalue weighted by Crippen LogP contribution is -2.35. The van der Waals surface area contributed by atoms with Gasteiger partial charge in [-0.25, -0.2) is 4.98 Å². The Bertz CT molecular complexity index is 397. The van der Waals surface area contributed by atoms with E-state index in [9.17, 15) is 0 Å². The van der Waals surface area contributed by atoms with Gasteiger partial charge < -0.3 is 10.2 Å². The van der Waals surface area contributed by atoms with Crippen molar-refractivity contribution in [3.05, 3.63) is 23.9 Å². The molecule has 1 unspecified atom stereocenters. The molecule has 0 spiro atoms. The van der Waals surface area contributed by atoms with Crippen molar-refractivity contribution < 1.29 is 0 Å². The average Bonchev–Trinajstić information content (AvgIpc) is 2.52. The first kappa shape index (κ1) is 15.3. The molecule has 1 atom stereocenters. The summed E-state index contributed by atoms with van der Waals surface area (Å²) in [6.07, 6.45) is 7.03. The van der Waals surface area contributed by atoms with Gasteiger partial charge in [0.05, 0.1) is 0 Å². The third kappa shape index (κ3) is 3.72. The van der Waals surface area contributed by atoms with Crippen LogP contribution in [0.5, 0.6) is 0 Å². The lowest BCUT2D eigenvalue weighted by Gasteiger charge is -2.34. The summed E-state index contributed by atoms with van der Waals surface area (Å²) < 4.78 is 0. The molecule has 1 saturated heterocycles. The number of hydrogen-bond acceptors (Lipinski definition) is 3. The molecule has 1 aliphatic heterocycles. The van der Waals surface area contributed by atoms with Crippen molar-refractivity contribution in [1.82, 2.24) is 10.3 Å². The van der Waals surface area contributed by atoms with Crippen molar-refractivity contribution in [1.29, 1.82) is 0 Å². The molecule has 0 aromatic carbocycles. The first-order valence-corrected chi connectivity index (χ1v) is 8.19. The van der Waals surface area contributed by atoms with Crippen molar-refractivity contribution in [2.75, 3.05) is 24.5 Å². The minimum absolute atomic E-state index is 0.377. The summed E-state index contributed by atoms with van der Waals surface area (Å²) in [6.45, 7) is 10.1. The van der Waals surface area contributed by atoms with Gasteiger partial charge in [-0.05, 0) is 44.7 Å². The fourth-order valence-corrected chi connectivity index (χ4v) is 3.04. The molecule has 0 saturated carbocycles. The van der Waals surface area contributed by atoms with E-state index in [1.807, 2.05) is 6.20 Å². The number of nitrogens with one attached hydrogen (secondary N) is 1. The number of anilines is 1. The third-order valence-corrected chi connectivity index (χ3v) is 4.48. The van der Waals surface area contributed by atoms with E-state index in [1.165, 1.54) is 37.1 Å². The average molecular weight is 275 g/mol. The number of pyridine rings is 1. The van der Waals surface area contributed by atoms with Gasteiger partial charge in [-0.15, -0.1) is 0 Å². The molecule has 0 amide bonds. The fourth-order valence-electron chi connectivity index (χ4n) is 3.04. The van der Waals surface area contributed by atoms with Crippen LogP contribution in [-0.4, -0.2) is 24.6 Å². The Morgan fingerprint density at radius 3 is 2.75 bits per heavy atom. The molecule has 0 radical (unpaired) electrons. The van der Waals surface area contributed by atoms with Gasteiger partial charge in [-0.2, -0.15) is 0 Å². The maximum Gasteiger partial charge on any atom is 0.133 e. The van der Waals surface area contributed by atoms with Crippen LogP contribution in [0.4, 0.5) is 5.82 Å². The lowest BCUT2D eigenvalue weighted by molar-refractivity contribution is 0.392. The minimum atomic E-state index is 0.377. The molecule has 112 valence electrons. The summed E-state index contributed by atoms with van der Waals surface area (Å²) >= 11 is 0. The number of rotatable bonds is 6. The molecule has 2 heterocycles. The minimum Gasteiger partial charge on any atom is -0.356 e. The Morgan fingerprint density at radius 2 is 2.10 bits per heavy atom. The Morgan fingerprint density at radius 1 is 1.35 bits per heavy atom. The fraction of sp³-hybridized carbons (Fsp3) is 0.706. The van der Waals surface area contributed by atoms with Crippen molar-refractivity contribution in [3.8, 4) is 0 Å². The van der Waals surface area contributed by atoms with Crippen LogP contribution >= 0.6 is 0 Å². The van der Waals surface area contributed by atoms with E-state index in [-0.39, 0.29) is 0 Å². The van der Waals surface area contributed by atoms with Gasteiger partial charge in [0.1, 0.15) is 5.82 Å². The largest absolute Gasteiger partial charge is 0.356 e. The van der Waals surface area contributed by atoms with Crippen LogP contribution in [0.3, 0.4) is 0 Å². The van der Waals surface area contributed by atoms with E-state index in [0.717, 1.165) is 25.6 Å². The van der Waals surface area contributed by atoms with Crippen molar-refractivity contribution >= 4 is 5.82 Å². The standard InChI is InChI=1S/C17H29N3/c1-4-10-18-14(3)16-7-6-11-19-17(16)20-12-8-15(5-2)9-13-20/h6-7,11,14-15,18H,4-5,8-10,12-13H2,1-3H3. The Labute approximate surface area is 123 Å². The van der Waals surface area contributed by atoms with E-state index in [4.69, 9.17) is 0 Å². The number of aromatic nitrogens is 1. The number of hydrogen-bond donors (Lipinski definition) is 1. The van der Waals surface area contributed by atoms with E-state index < -0.39 is 0 Å². The summed E-state index contributed by atoms with van der Waals surface area (Å²) in [5.74, 6) is 2.10. The quantitative estimate of drug-likeness (QED) is 0.856. The highest BCUT2D eigenvalue weighted by Gasteiger charge is 2.22. The maximum atomic E-state index is 4.67. The highest BCUT2D eigenvalue weighted by atomic mass is 15.2. The summed E-state index contributed by atoms with van der Waals surface area (Å²) in [4.78, 5) is 7.15. The summed E-state index contributed by atoms with van der Waals surface area (Å²) in [7, 11) is 0. The second kappa shape index (κ2) is 7.63. The molecule has 20 heavy (non-hydrogen) atoms. The van der Waals surface area contributed by atoms with Crippen LogP contribution in [0.15, 0.2) is 18.3 Å². The monoisotopic (exact) mass is 275 g/mol. The second-order valence-electron chi connectivity index (χ2n) is 5.93. The topological polar surface area (TPSA) is 28.2 Å². The van der Waals surface area contributed by atoms with Gasteiger partial charge in [0.25, 0.3) is 0 Å². The highest BCUT2D eigenvalue weighted by molar-refractivity contribution is 5.48. The van der Waals surface area contributed by atoms with Crippen LogP contribution in [0.1, 0.15) is 58.1 Å². The molecule has 0 bridgehead atoms. The molecule has 1 aliphatic rings. The molecular formula is C17H29N3. The molecular weight excluding hydrogens is 246 g/mol. The van der Waals surface area contributed by atoms with Gasteiger partial charge >= 0.3 is 0 Å². The Balaban J connectivity index is 2.08. The van der Waals surface area contributed by atoms with Gasteiger partial charge in [-0.3, -0.25) is 0 Å². The summed E-state index contributed by atoms with van der Waals surface area (Å²) in [5.41, 5.74) is 1.34. The van der Waals surface area contributed by atoms with E-state index in [0.29, 0.717) is 6.04 Å². The van der Waals surface area contributed by atoms with Gasteiger partial charge in [0, 0.05) is 30.9 Å². The van der Waals surface area contributed by atoms with Crippen LogP contribution in [0.25, 0.3) is 0 Å². The zero-order valence-corrected chi connectivity index (χ0v) is 13.2. The zero-order valence-electron chi connectivity index (χ0n) is 13.2. The number of piperidine rings is 1.